The summed E-state index contributed by atoms with van der Waals surface area (Å²) in [5.74, 6) is -0.821. The zero-order chi connectivity index (χ0) is 15.7. The highest BCUT2D eigenvalue weighted by Gasteiger charge is 2.15. The number of amides is 1. The molecule has 0 saturated carbocycles. The number of rotatable bonds is 2. The molecular formula is C16H15N5O. The average molecular weight is 293 g/mol. The van der Waals surface area contributed by atoms with Crippen molar-refractivity contribution in [3.8, 4) is 5.69 Å². The lowest BCUT2D eigenvalue weighted by Gasteiger charge is -2.06. The summed E-state index contributed by atoms with van der Waals surface area (Å²) in [6.07, 6.45) is 1.65. The van der Waals surface area contributed by atoms with Gasteiger partial charge in [-0.1, -0.05) is 36.4 Å². The fourth-order valence-corrected chi connectivity index (χ4v) is 2.40. The van der Waals surface area contributed by atoms with Gasteiger partial charge in [0.05, 0.1) is 16.9 Å². The van der Waals surface area contributed by atoms with Gasteiger partial charge in [-0.2, -0.15) is 5.10 Å². The lowest BCUT2D eigenvalue weighted by atomic mass is 10.1. The van der Waals surface area contributed by atoms with E-state index in [1.165, 1.54) is 0 Å². The predicted octanol–water partition coefficient (Wildman–Crippen LogP) is 1.96. The lowest BCUT2D eigenvalue weighted by Crippen LogP contribution is -2.35. The maximum Gasteiger partial charge on any atom is 0.261 e. The van der Waals surface area contributed by atoms with E-state index in [1.54, 1.807) is 17.8 Å². The third-order valence-electron chi connectivity index (χ3n) is 3.41. The number of nitrogens with two attached hydrogens (primary N) is 1. The summed E-state index contributed by atoms with van der Waals surface area (Å²) in [7, 11) is 0. The SMILES string of the molecule is Cc1nn(-c2cccc3ccccc23)cc1C(=O)NC(=N)N. The van der Waals surface area contributed by atoms with E-state index in [4.69, 9.17) is 11.1 Å². The van der Waals surface area contributed by atoms with Crippen LogP contribution in [0.1, 0.15) is 16.1 Å². The van der Waals surface area contributed by atoms with E-state index in [0.29, 0.717) is 11.3 Å². The number of hydrogen-bond donors (Lipinski definition) is 3. The Bertz CT molecular complexity index is 876. The fourth-order valence-electron chi connectivity index (χ4n) is 2.40. The molecule has 22 heavy (non-hydrogen) atoms. The van der Waals surface area contributed by atoms with Crippen LogP contribution in [0, 0.1) is 12.3 Å². The first kappa shape index (κ1) is 13.8. The first-order valence-electron chi connectivity index (χ1n) is 6.76. The molecule has 0 atom stereocenters. The van der Waals surface area contributed by atoms with Gasteiger partial charge in [0, 0.05) is 11.6 Å². The van der Waals surface area contributed by atoms with Crippen molar-refractivity contribution in [2.75, 3.05) is 0 Å². The number of benzene rings is 2. The summed E-state index contributed by atoms with van der Waals surface area (Å²) in [6, 6.07) is 13.9. The van der Waals surface area contributed by atoms with Gasteiger partial charge < -0.3 is 5.73 Å². The van der Waals surface area contributed by atoms with E-state index in [9.17, 15) is 4.79 Å². The molecule has 0 unspecified atom stereocenters. The Morgan fingerprint density at radius 3 is 2.73 bits per heavy atom. The van der Waals surface area contributed by atoms with Gasteiger partial charge in [0.25, 0.3) is 5.91 Å². The molecule has 1 aromatic heterocycles. The second-order valence-corrected chi connectivity index (χ2v) is 4.94. The van der Waals surface area contributed by atoms with Crippen LogP contribution in [0.15, 0.2) is 48.7 Å². The minimum absolute atomic E-state index is 0.387. The van der Waals surface area contributed by atoms with Crippen molar-refractivity contribution in [2.24, 2.45) is 5.73 Å². The molecule has 110 valence electrons. The van der Waals surface area contributed by atoms with Crippen molar-refractivity contribution in [3.05, 3.63) is 59.9 Å². The normalized spacial score (nSPS) is 10.6. The van der Waals surface area contributed by atoms with Crippen molar-refractivity contribution >= 4 is 22.6 Å². The van der Waals surface area contributed by atoms with Gasteiger partial charge in [-0.3, -0.25) is 15.5 Å². The highest BCUT2D eigenvalue weighted by Crippen LogP contribution is 2.22. The molecule has 4 N–H and O–H groups in total. The van der Waals surface area contributed by atoms with Crippen LogP contribution in [0.4, 0.5) is 0 Å². The van der Waals surface area contributed by atoms with E-state index in [-0.39, 0.29) is 5.96 Å². The fraction of sp³-hybridized carbons (Fsp3) is 0.0625. The topological polar surface area (TPSA) is 96.8 Å². The smallest absolute Gasteiger partial charge is 0.261 e. The number of aromatic nitrogens is 2. The van der Waals surface area contributed by atoms with Gasteiger partial charge in [-0.25, -0.2) is 4.68 Å². The number of hydrogen-bond acceptors (Lipinski definition) is 3. The van der Waals surface area contributed by atoms with E-state index in [2.05, 4.69) is 10.4 Å². The van der Waals surface area contributed by atoms with E-state index < -0.39 is 5.91 Å². The van der Waals surface area contributed by atoms with Gasteiger partial charge in [0.1, 0.15) is 0 Å². The van der Waals surface area contributed by atoms with Crippen molar-refractivity contribution < 1.29 is 4.79 Å². The molecule has 1 amide bonds. The first-order valence-corrected chi connectivity index (χ1v) is 6.76. The van der Waals surface area contributed by atoms with Gasteiger partial charge in [-0.05, 0) is 18.4 Å². The summed E-state index contributed by atoms with van der Waals surface area (Å²) in [4.78, 5) is 12.0. The van der Waals surface area contributed by atoms with Crippen LogP contribution >= 0.6 is 0 Å². The quantitative estimate of drug-likeness (QED) is 0.497. The molecule has 0 fully saturated rings. The molecule has 6 nitrogen and oxygen atoms in total. The molecule has 0 bridgehead atoms. The van der Waals surface area contributed by atoms with Crippen LogP contribution in [0.5, 0.6) is 0 Å². The standard InChI is InChI=1S/C16H15N5O/c1-10-13(15(22)19-16(17)18)9-21(20-10)14-8-4-6-11-5-2-3-7-12(11)14/h2-9H,1H3,(H4,17,18,19,22). The Hall–Kier alpha value is -3.15. The van der Waals surface area contributed by atoms with Crippen LogP contribution in [-0.4, -0.2) is 21.6 Å². The van der Waals surface area contributed by atoms with E-state index >= 15 is 0 Å². The number of fused-ring (bicyclic) bond motifs is 1. The highest BCUT2D eigenvalue weighted by molar-refractivity contribution is 6.05. The molecule has 1 heterocycles. The summed E-state index contributed by atoms with van der Waals surface area (Å²) in [5, 5.41) is 16.0. The Labute approximate surface area is 127 Å². The minimum Gasteiger partial charge on any atom is -0.370 e. The van der Waals surface area contributed by atoms with Crippen LogP contribution < -0.4 is 11.1 Å². The Kier molecular flexibility index (Phi) is 3.34. The zero-order valence-corrected chi connectivity index (χ0v) is 12.0. The van der Waals surface area contributed by atoms with Crippen molar-refractivity contribution in [1.82, 2.24) is 15.1 Å². The lowest BCUT2D eigenvalue weighted by molar-refractivity contribution is 0.0976. The number of carbonyl (C=O) groups is 1. The maximum atomic E-state index is 12.0. The molecule has 3 rings (SSSR count). The Balaban J connectivity index is 2.09. The summed E-state index contributed by atoms with van der Waals surface area (Å²) < 4.78 is 1.67. The predicted molar refractivity (Wildman–Crippen MR) is 85.2 cm³/mol. The second kappa shape index (κ2) is 5.33. The van der Waals surface area contributed by atoms with Gasteiger partial charge in [0.15, 0.2) is 5.96 Å². The molecule has 0 aliphatic rings. The second-order valence-electron chi connectivity index (χ2n) is 4.94. The number of carbonyl (C=O) groups excluding carboxylic acids is 1. The molecule has 0 aliphatic heterocycles. The Morgan fingerprint density at radius 2 is 1.95 bits per heavy atom. The van der Waals surface area contributed by atoms with Crippen LogP contribution in [0.3, 0.4) is 0 Å². The molecule has 2 aromatic carbocycles. The molecule has 0 saturated heterocycles. The summed E-state index contributed by atoms with van der Waals surface area (Å²) in [5.41, 5.74) is 7.06. The van der Waals surface area contributed by atoms with E-state index in [1.807, 2.05) is 42.5 Å². The zero-order valence-electron chi connectivity index (χ0n) is 12.0. The monoisotopic (exact) mass is 293 g/mol. The third kappa shape index (κ3) is 2.42. The number of aryl methyl sites for hydroxylation is 1. The third-order valence-corrected chi connectivity index (χ3v) is 3.41. The van der Waals surface area contributed by atoms with Crippen molar-refractivity contribution in [2.45, 2.75) is 6.92 Å². The maximum absolute atomic E-state index is 12.0. The molecule has 6 heteroatoms. The van der Waals surface area contributed by atoms with E-state index in [0.717, 1.165) is 16.5 Å². The molecule has 0 radical (unpaired) electrons. The van der Waals surface area contributed by atoms with Crippen molar-refractivity contribution in [3.63, 3.8) is 0 Å². The summed E-state index contributed by atoms with van der Waals surface area (Å²) >= 11 is 0. The van der Waals surface area contributed by atoms with Gasteiger partial charge >= 0.3 is 0 Å². The average Bonchev–Trinajstić information content (AvgIpc) is 2.88. The largest absolute Gasteiger partial charge is 0.370 e. The van der Waals surface area contributed by atoms with Gasteiger partial charge in [0.2, 0.25) is 0 Å². The van der Waals surface area contributed by atoms with Gasteiger partial charge in [-0.15, -0.1) is 0 Å². The van der Waals surface area contributed by atoms with Crippen molar-refractivity contribution in [1.29, 1.82) is 5.41 Å². The highest BCUT2D eigenvalue weighted by atomic mass is 16.1. The number of nitrogens with zero attached hydrogens (tertiary/aromatic N) is 2. The number of nitrogens with one attached hydrogen (secondary N) is 2. The summed E-state index contributed by atoms with van der Waals surface area (Å²) in [6.45, 7) is 1.75. The van der Waals surface area contributed by atoms with Crippen LogP contribution in [0.25, 0.3) is 16.5 Å². The molecule has 0 aliphatic carbocycles. The number of guanidine groups is 1. The molecular weight excluding hydrogens is 278 g/mol. The van der Waals surface area contributed by atoms with Crippen LogP contribution in [-0.2, 0) is 0 Å². The minimum atomic E-state index is -0.434. The molecule has 3 aromatic rings. The Morgan fingerprint density at radius 1 is 1.23 bits per heavy atom. The molecule has 0 spiro atoms. The van der Waals surface area contributed by atoms with Crippen LogP contribution in [0.2, 0.25) is 0 Å². The first-order chi connectivity index (χ1) is 10.6.